The highest BCUT2D eigenvalue weighted by Gasteiger charge is 2.17. The van der Waals surface area contributed by atoms with Gasteiger partial charge in [0.15, 0.2) is 5.69 Å². The minimum Gasteiger partial charge on any atom is -0.331 e. The molecule has 0 fully saturated rings. The van der Waals surface area contributed by atoms with Gasteiger partial charge in [0, 0.05) is 12.4 Å². The summed E-state index contributed by atoms with van der Waals surface area (Å²) in [5.41, 5.74) is 3.29. The molecule has 3 aromatic heterocycles. The van der Waals surface area contributed by atoms with E-state index in [1.165, 1.54) is 6.20 Å². The van der Waals surface area contributed by atoms with Crippen LogP contribution in [0.1, 0.15) is 20.8 Å². The normalized spacial score (nSPS) is 10.6. The van der Waals surface area contributed by atoms with Crippen molar-refractivity contribution >= 4 is 40.4 Å². The number of H-pyrrole nitrogens is 2. The molecule has 0 radical (unpaired) electrons. The van der Waals surface area contributed by atoms with Crippen molar-refractivity contribution in [3.63, 3.8) is 0 Å². The van der Waals surface area contributed by atoms with Crippen LogP contribution in [0.25, 0.3) is 27.1 Å². The van der Waals surface area contributed by atoms with Gasteiger partial charge in [-0.25, -0.2) is 19.8 Å². The maximum absolute atomic E-state index is 12.9. The molecule has 0 atom stereocenters. The summed E-state index contributed by atoms with van der Waals surface area (Å²) in [6.45, 7) is 7.17. The monoisotopic (exact) mass is 448 g/mol. The molecule has 5 aromatic rings. The molecular weight excluding hydrogens is 432 g/mol. The SMILES string of the molecule is [C-]#[N+]c1cccc(-c2cccc(C(=O)Nc3nc4c(C(=O)Nc5ncc[nH]5)cccc4[nH]3)n2)c1. The molecule has 10 heteroatoms. The second-order valence-electron chi connectivity index (χ2n) is 7.20. The van der Waals surface area contributed by atoms with E-state index in [9.17, 15) is 9.59 Å². The topological polar surface area (TPSA) is 133 Å². The van der Waals surface area contributed by atoms with Gasteiger partial charge in [-0.15, -0.1) is 0 Å². The second-order valence-corrected chi connectivity index (χ2v) is 7.20. The van der Waals surface area contributed by atoms with Gasteiger partial charge < -0.3 is 9.97 Å². The largest absolute Gasteiger partial charge is 0.331 e. The highest BCUT2D eigenvalue weighted by atomic mass is 16.2. The quantitative estimate of drug-likeness (QED) is 0.296. The zero-order valence-corrected chi connectivity index (χ0v) is 17.5. The molecule has 0 spiro atoms. The second kappa shape index (κ2) is 8.68. The average Bonchev–Trinajstić information content (AvgIpc) is 3.53. The number of carbonyl (C=O) groups is 2. The van der Waals surface area contributed by atoms with Gasteiger partial charge in [0.1, 0.15) is 11.2 Å². The molecule has 4 N–H and O–H groups in total. The Morgan fingerprint density at radius 1 is 0.912 bits per heavy atom. The highest BCUT2D eigenvalue weighted by Crippen LogP contribution is 2.23. The van der Waals surface area contributed by atoms with Gasteiger partial charge in [-0.2, -0.15) is 0 Å². The van der Waals surface area contributed by atoms with E-state index in [1.807, 2.05) is 6.07 Å². The van der Waals surface area contributed by atoms with Crippen molar-refractivity contribution in [1.29, 1.82) is 0 Å². The molecule has 164 valence electrons. The van der Waals surface area contributed by atoms with Crippen LogP contribution < -0.4 is 10.6 Å². The third kappa shape index (κ3) is 4.09. The maximum atomic E-state index is 12.9. The van der Waals surface area contributed by atoms with E-state index in [1.54, 1.807) is 60.8 Å². The van der Waals surface area contributed by atoms with E-state index in [4.69, 9.17) is 6.57 Å². The zero-order chi connectivity index (χ0) is 23.5. The van der Waals surface area contributed by atoms with Crippen LogP contribution in [-0.2, 0) is 0 Å². The van der Waals surface area contributed by atoms with E-state index in [2.05, 4.69) is 40.4 Å². The van der Waals surface area contributed by atoms with Gasteiger partial charge >= 0.3 is 0 Å². The Morgan fingerprint density at radius 3 is 2.56 bits per heavy atom. The lowest BCUT2D eigenvalue weighted by atomic mass is 10.1. The molecule has 0 aliphatic carbocycles. The number of amides is 2. The number of para-hydroxylation sites is 1. The number of hydrogen-bond donors (Lipinski definition) is 4. The number of rotatable bonds is 5. The van der Waals surface area contributed by atoms with Crippen LogP contribution in [0.5, 0.6) is 0 Å². The van der Waals surface area contributed by atoms with E-state index in [0.717, 1.165) is 5.56 Å². The maximum Gasteiger partial charge on any atom is 0.276 e. The molecule has 0 aliphatic rings. The zero-order valence-electron chi connectivity index (χ0n) is 17.5. The first-order valence-corrected chi connectivity index (χ1v) is 10.2. The summed E-state index contributed by atoms with van der Waals surface area (Å²) in [7, 11) is 0. The summed E-state index contributed by atoms with van der Waals surface area (Å²) in [6, 6.07) is 17.2. The third-order valence-electron chi connectivity index (χ3n) is 4.97. The fourth-order valence-electron chi connectivity index (χ4n) is 3.41. The van der Waals surface area contributed by atoms with E-state index >= 15 is 0 Å². The van der Waals surface area contributed by atoms with Crippen molar-refractivity contribution < 1.29 is 9.59 Å². The Morgan fingerprint density at radius 2 is 1.74 bits per heavy atom. The fraction of sp³-hybridized carbons (Fsp3) is 0. The number of fused-ring (bicyclic) bond motifs is 1. The highest BCUT2D eigenvalue weighted by molar-refractivity contribution is 6.11. The summed E-state index contributed by atoms with van der Waals surface area (Å²) in [5.74, 6) is -0.357. The Hall–Kier alpha value is -5.30. The van der Waals surface area contributed by atoms with Crippen molar-refractivity contribution in [3.05, 3.63) is 95.7 Å². The van der Waals surface area contributed by atoms with Gasteiger partial charge in [-0.1, -0.05) is 30.3 Å². The molecule has 3 heterocycles. The number of nitrogens with zero attached hydrogens (tertiary/aromatic N) is 4. The van der Waals surface area contributed by atoms with Crippen molar-refractivity contribution in [2.24, 2.45) is 0 Å². The Labute approximate surface area is 192 Å². The number of benzene rings is 2. The first-order chi connectivity index (χ1) is 16.6. The molecule has 2 aromatic carbocycles. The Balaban J connectivity index is 1.39. The third-order valence-corrected chi connectivity index (χ3v) is 4.97. The molecule has 10 nitrogen and oxygen atoms in total. The first-order valence-electron chi connectivity index (χ1n) is 10.2. The average molecular weight is 448 g/mol. The van der Waals surface area contributed by atoms with Crippen molar-refractivity contribution in [2.45, 2.75) is 0 Å². The minimum absolute atomic E-state index is 0.181. The number of carbonyl (C=O) groups excluding carboxylic acids is 2. The van der Waals surface area contributed by atoms with Crippen LogP contribution in [0.4, 0.5) is 17.6 Å². The molecule has 0 saturated heterocycles. The molecular formula is C24H16N8O2. The number of nitrogens with one attached hydrogen (secondary N) is 4. The molecule has 34 heavy (non-hydrogen) atoms. The number of aromatic amines is 2. The lowest BCUT2D eigenvalue weighted by Gasteiger charge is -2.05. The lowest BCUT2D eigenvalue weighted by molar-refractivity contribution is 0.101. The minimum atomic E-state index is -0.469. The summed E-state index contributed by atoms with van der Waals surface area (Å²) >= 11 is 0. The molecule has 0 unspecified atom stereocenters. The summed E-state index contributed by atoms with van der Waals surface area (Å²) in [6.07, 6.45) is 3.13. The van der Waals surface area contributed by atoms with E-state index < -0.39 is 5.91 Å². The number of anilines is 2. The van der Waals surface area contributed by atoms with Crippen molar-refractivity contribution in [3.8, 4) is 11.3 Å². The molecule has 0 saturated carbocycles. The van der Waals surface area contributed by atoms with Gasteiger partial charge in [-0.3, -0.25) is 20.2 Å². The summed E-state index contributed by atoms with van der Waals surface area (Å²) in [4.78, 5) is 47.6. The predicted molar refractivity (Wildman–Crippen MR) is 127 cm³/mol. The number of pyridine rings is 1. The first kappa shape index (κ1) is 20.6. The number of hydrogen-bond acceptors (Lipinski definition) is 5. The number of aromatic nitrogens is 5. The van der Waals surface area contributed by atoms with Crippen LogP contribution in [0.3, 0.4) is 0 Å². The summed E-state index contributed by atoms with van der Waals surface area (Å²) in [5, 5.41) is 5.35. The van der Waals surface area contributed by atoms with Crippen LogP contribution in [-0.4, -0.2) is 36.7 Å². The standard InChI is InChI=1S/C24H16N8O2/c1-25-15-6-2-5-14(13-15)17-8-4-10-19(28-17)22(34)32-24-29-18-9-3-7-16(20(18)30-24)21(33)31-23-26-11-12-27-23/h2-13H,(H2,26,27,31,33)(H2,29,30,32,34). The smallest absolute Gasteiger partial charge is 0.276 e. The van der Waals surface area contributed by atoms with Gasteiger partial charge in [-0.05, 0) is 35.9 Å². The predicted octanol–water partition coefficient (Wildman–Crippen LogP) is 4.40. The van der Waals surface area contributed by atoms with E-state index in [-0.39, 0.29) is 17.5 Å². The fourth-order valence-corrected chi connectivity index (χ4v) is 3.41. The molecule has 5 rings (SSSR count). The van der Waals surface area contributed by atoms with Gasteiger partial charge in [0.25, 0.3) is 11.8 Å². The van der Waals surface area contributed by atoms with Crippen molar-refractivity contribution in [1.82, 2.24) is 24.9 Å². The lowest BCUT2D eigenvalue weighted by Crippen LogP contribution is -2.15. The van der Waals surface area contributed by atoms with Crippen LogP contribution in [0, 0.1) is 6.57 Å². The molecule has 0 bridgehead atoms. The van der Waals surface area contributed by atoms with Crippen LogP contribution in [0.2, 0.25) is 0 Å². The Kier molecular flexibility index (Phi) is 5.26. The summed E-state index contributed by atoms with van der Waals surface area (Å²) < 4.78 is 0. The van der Waals surface area contributed by atoms with E-state index in [0.29, 0.717) is 33.9 Å². The molecule has 0 aliphatic heterocycles. The van der Waals surface area contributed by atoms with Gasteiger partial charge in [0.2, 0.25) is 11.9 Å². The van der Waals surface area contributed by atoms with Crippen LogP contribution in [0.15, 0.2) is 73.1 Å². The van der Waals surface area contributed by atoms with Crippen LogP contribution >= 0.6 is 0 Å². The Bertz CT molecular complexity index is 1560. The number of imidazole rings is 2. The van der Waals surface area contributed by atoms with Gasteiger partial charge in [0.05, 0.1) is 23.3 Å². The molecule has 2 amide bonds. The van der Waals surface area contributed by atoms with Crippen molar-refractivity contribution in [2.75, 3.05) is 10.6 Å².